The van der Waals surface area contributed by atoms with Crippen LogP contribution in [0.2, 0.25) is 0 Å². The molecule has 3 rings (SSSR count). The third-order valence-electron chi connectivity index (χ3n) is 5.30. The Morgan fingerprint density at radius 2 is 1.91 bits per heavy atom. The summed E-state index contributed by atoms with van der Waals surface area (Å²) in [5.41, 5.74) is 1.05. The Kier molecular flexibility index (Phi) is 4.78. The van der Waals surface area contributed by atoms with E-state index in [2.05, 4.69) is 0 Å². The summed E-state index contributed by atoms with van der Waals surface area (Å²) in [5, 5.41) is 0. The van der Waals surface area contributed by atoms with Gasteiger partial charge >= 0.3 is 0 Å². The minimum atomic E-state index is -3.45. The molecule has 5 nitrogen and oxygen atoms in total. The molecule has 0 amide bonds. The topological polar surface area (TPSA) is 55.8 Å². The lowest BCUT2D eigenvalue weighted by molar-refractivity contribution is -0.0162. The van der Waals surface area contributed by atoms with Gasteiger partial charge < -0.3 is 9.47 Å². The molecule has 0 bridgehead atoms. The van der Waals surface area contributed by atoms with Crippen molar-refractivity contribution in [2.75, 3.05) is 40.0 Å². The largest absolute Gasteiger partial charge is 0.384 e. The van der Waals surface area contributed by atoms with Gasteiger partial charge in [0.05, 0.1) is 11.5 Å². The summed E-state index contributed by atoms with van der Waals surface area (Å²) in [4.78, 5) is 0.378. The molecule has 1 aromatic carbocycles. The van der Waals surface area contributed by atoms with Gasteiger partial charge in [0, 0.05) is 39.3 Å². The van der Waals surface area contributed by atoms with Crippen molar-refractivity contribution in [3.8, 4) is 0 Å². The van der Waals surface area contributed by atoms with Gasteiger partial charge in [0.1, 0.15) is 0 Å². The van der Waals surface area contributed by atoms with Crippen LogP contribution >= 0.6 is 0 Å². The molecule has 0 aromatic heterocycles. The van der Waals surface area contributed by atoms with Crippen LogP contribution in [0.3, 0.4) is 0 Å². The highest BCUT2D eigenvalue weighted by Crippen LogP contribution is 2.45. The van der Waals surface area contributed by atoms with Crippen molar-refractivity contribution in [2.45, 2.75) is 24.7 Å². The van der Waals surface area contributed by atoms with Crippen molar-refractivity contribution < 1.29 is 17.9 Å². The fourth-order valence-corrected chi connectivity index (χ4v) is 5.38. The van der Waals surface area contributed by atoms with E-state index in [-0.39, 0.29) is 11.3 Å². The minimum absolute atomic E-state index is 0.00791. The van der Waals surface area contributed by atoms with Crippen molar-refractivity contribution in [3.63, 3.8) is 0 Å². The third-order valence-corrected chi connectivity index (χ3v) is 7.12. The predicted octanol–water partition coefficient (Wildman–Crippen LogP) is 2.06. The summed E-state index contributed by atoms with van der Waals surface area (Å²) in [7, 11) is -1.76. The number of benzene rings is 1. The second-order valence-electron chi connectivity index (χ2n) is 6.74. The monoisotopic (exact) mass is 339 g/mol. The molecule has 2 heterocycles. The van der Waals surface area contributed by atoms with Crippen LogP contribution < -0.4 is 0 Å². The van der Waals surface area contributed by atoms with Crippen LogP contribution in [0.1, 0.15) is 18.4 Å². The van der Waals surface area contributed by atoms with Crippen LogP contribution in [-0.2, 0) is 19.5 Å². The van der Waals surface area contributed by atoms with Crippen molar-refractivity contribution in [2.24, 2.45) is 11.3 Å². The number of sulfonamides is 1. The van der Waals surface area contributed by atoms with E-state index >= 15 is 0 Å². The lowest BCUT2D eigenvalue weighted by atomic mass is 9.72. The van der Waals surface area contributed by atoms with Crippen LogP contribution in [-0.4, -0.2) is 52.7 Å². The van der Waals surface area contributed by atoms with Gasteiger partial charge in [-0.15, -0.1) is 0 Å². The van der Waals surface area contributed by atoms with Gasteiger partial charge in [-0.3, -0.25) is 0 Å². The molecule has 2 saturated heterocycles. The number of nitrogens with zero attached hydrogens (tertiary/aromatic N) is 1. The average Bonchev–Trinajstić information content (AvgIpc) is 2.88. The van der Waals surface area contributed by atoms with Gasteiger partial charge in [-0.05, 0) is 37.3 Å². The van der Waals surface area contributed by atoms with E-state index in [0.29, 0.717) is 37.8 Å². The number of ether oxygens (including phenoxy) is 2. The molecule has 0 radical (unpaired) electrons. The van der Waals surface area contributed by atoms with Gasteiger partial charge in [-0.2, -0.15) is 4.31 Å². The summed E-state index contributed by atoms with van der Waals surface area (Å²) in [5.74, 6) is 0.233. The molecule has 23 heavy (non-hydrogen) atoms. The molecule has 1 aromatic rings. The molecule has 2 aliphatic heterocycles. The number of hydrogen-bond acceptors (Lipinski definition) is 4. The maximum absolute atomic E-state index is 13.0. The fraction of sp³-hybridized carbons (Fsp3) is 0.647. The SMILES string of the molecule is COCC1CN(S(=O)(=O)c2ccc(C)cc2)CC12CCOCC2. The molecule has 2 fully saturated rings. The first-order valence-electron chi connectivity index (χ1n) is 8.11. The lowest BCUT2D eigenvalue weighted by Gasteiger charge is -2.37. The summed E-state index contributed by atoms with van der Waals surface area (Å²) in [6.45, 7) is 5.07. The van der Waals surface area contributed by atoms with Crippen LogP contribution in [0.25, 0.3) is 0 Å². The zero-order valence-corrected chi connectivity index (χ0v) is 14.6. The molecular weight excluding hydrogens is 314 g/mol. The highest BCUT2D eigenvalue weighted by Gasteiger charge is 2.50. The molecule has 1 spiro atoms. The fourth-order valence-electron chi connectivity index (χ4n) is 3.80. The average molecular weight is 339 g/mol. The van der Waals surface area contributed by atoms with Gasteiger partial charge in [0.25, 0.3) is 0 Å². The molecule has 0 aliphatic carbocycles. The number of hydrogen-bond donors (Lipinski definition) is 0. The van der Waals surface area contributed by atoms with Crippen LogP contribution in [0.15, 0.2) is 29.2 Å². The Balaban J connectivity index is 1.87. The highest BCUT2D eigenvalue weighted by atomic mass is 32.2. The van der Waals surface area contributed by atoms with Crippen LogP contribution in [0.4, 0.5) is 0 Å². The Morgan fingerprint density at radius 1 is 1.26 bits per heavy atom. The normalized spacial score (nSPS) is 25.0. The minimum Gasteiger partial charge on any atom is -0.384 e. The zero-order chi connectivity index (χ0) is 16.5. The maximum Gasteiger partial charge on any atom is 0.243 e. The first kappa shape index (κ1) is 16.9. The Hall–Kier alpha value is -0.950. The van der Waals surface area contributed by atoms with Crippen molar-refractivity contribution in [3.05, 3.63) is 29.8 Å². The Morgan fingerprint density at radius 3 is 2.52 bits per heavy atom. The Labute approximate surface area is 138 Å². The second-order valence-corrected chi connectivity index (χ2v) is 8.68. The predicted molar refractivity (Wildman–Crippen MR) is 87.8 cm³/mol. The van der Waals surface area contributed by atoms with Gasteiger partial charge in [0.15, 0.2) is 0 Å². The quantitative estimate of drug-likeness (QED) is 0.842. The van der Waals surface area contributed by atoms with E-state index in [1.165, 1.54) is 0 Å². The second kappa shape index (κ2) is 6.51. The summed E-state index contributed by atoms with van der Waals surface area (Å²) < 4.78 is 38.5. The van der Waals surface area contributed by atoms with Crippen LogP contribution in [0, 0.1) is 18.3 Å². The van der Waals surface area contributed by atoms with Crippen molar-refractivity contribution in [1.29, 1.82) is 0 Å². The summed E-state index contributed by atoms with van der Waals surface area (Å²) >= 11 is 0. The Bertz CT molecular complexity index is 635. The van der Waals surface area contributed by atoms with E-state index in [1.54, 1.807) is 23.5 Å². The lowest BCUT2D eigenvalue weighted by Crippen LogP contribution is -2.39. The number of rotatable bonds is 4. The van der Waals surface area contributed by atoms with Gasteiger partial charge in [0.2, 0.25) is 10.0 Å². The third kappa shape index (κ3) is 3.18. The van der Waals surface area contributed by atoms with Crippen molar-refractivity contribution >= 4 is 10.0 Å². The first-order valence-corrected chi connectivity index (χ1v) is 9.55. The standard InChI is InChI=1S/C17H25NO4S/c1-14-3-5-16(6-4-14)23(19,20)18-11-15(12-21-2)17(13-18)7-9-22-10-8-17/h3-6,15H,7-13H2,1-2H3. The smallest absolute Gasteiger partial charge is 0.243 e. The molecule has 6 heteroatoms. The highest BCUT2D eigenvalue weighted by molar-refractivity contribution is 7.89. The summed E-state index contributed by atoms with van der Waals surface area (Å²) in [6.07, 6.45) is 1.81. The molecule has 0 N–H and O–H groups in total. The number of methoxy groups -OCH3 is 1. The van der Waals surface area contributed by atoms with Gasteiger partial charge in [-0.25, -0.2) is 8.42 Å². The van der Waals surface area contributed by atoms with E-state index < -0.39 is 10.0 Å². The zero-order valence-electron chi connectivity index (χ0n) is 13.8. The maximum atomic E-state index is 13.0. The number of aryl methyl sites for hydroxylation is 1. The molecule has 0 saturated carbocycles. The van der Waals surface area contributed by atoms with Gasteiger partial charge in [-0.1, -0.05) is 17.7 Å². The molecule has 2 aliphatic rings. The van der Waals surface area contributed by atoms with E-state index in [4.69, 9.17) is 9.47 Å². The molecular formula is C17H25NO4S. The van der Waals surface area contributed by atoms with E-state index in [0.717, 1.165) is 18.4 Å². The van der Waals surface area contributed by atoms with E-state index in [9.17, 15) is 8.42 Å². The van der Waals surface area contributed by atoms with E-state index in [1.807, 2.05) is 19.1 Å². The molecule has 1 atom stereocenters. The first-order chi connectivity index (χ1) is 11.0. The molecule has 1 unspecified atom stereocenters. The van der Waals surface area contributed by atoms with Crippen LogP contribution in [0.5, 0.6) is 0 Å². The molecule has 128 valence electrons. The summed E-state index contributed by atoms with van der Waals surface area (Å²) in [6, 6.07) is 7.09. The van der Waals surface area contributed by atoms with Crippen molar-refractivity contribution in [1.82, 2.24) is 4.31 Å².